The van der Waals surface area contributed by atoms with Crippen molar-refractivity contribution in [2.75, 3.05) is 20.1 Å². The third kappa shape index (κ3) is 7.13. The minimum absolute atomic E-state index is 0.0217. The fourth-order valence-electron chi connectivity index (χ4n) is 2.99. The van der Waals surface area contributed by atoms with Gasteiger partial charge in [0.05, 0.1) is 9.79 Å². The van der Waals surface area contributed by atoms with Gasteiger partial charge in [-0.3, -0.25) is 4.72 Å². The summed E-state index contributed by atoms with van der Waals surface area (Å²) in [6.07, 6.45) is 2.85. The average molecular weight is 575 g/mol. The summed E-state index contributed by atoms with van der Waals surface area (Å²) < 4.78 is 55.0. The SMILES string of the molecule is O=S(=O)(Nc1ccc(Cl)cc1)c1ccc(NC(=S)Nc2ccc(S(=O)(=O)Nc3ncccn3)cc2)cc1. The van der Waals surface area contributed by atoms with Gasteiger partial charge in [-0.05, 0) is 91.1 Å². The lowest BCUT2D eigenvalue weighted by atomic mass is 10.3. The normalized spacial score (nSPS) is 11.4. The molecule has 1 aromatic heterocycles. The van der Waals surface area contributed by atoms with Crippen LogP contribution in [0.1, 0.15) is 0 Å². The predicted octanol–water partition coefficient (Wildman–Crippen LogP) is 4.54. The number of nitrogens with one attached hydrogen (secondary N) is 4. The van der Waals surface area contributed by atoms with Crippen molar-refractivity contribution in [1.29, 1.82) is 0 Å². The first kappa shape index (κ1) is 26.3. The second kappa shape index (κ2) is 11.1. The maximum absolute atomic E-state index is 12.6. The van der Waals surface area contributed by atoms with Crippen molar-refractivity contribution in [3.63, 3.8) is 0 Å². The standard InChI is InChI=1S/C23H19ClN6O4S3/c24-16-2-4-19(5-3-16)29-36(31,32)20-10-6-17(7-11-20)27-23(35)28-18-8-12-21(13-9-18)37(33,34)30-22-25-14-1-15-26-22/h1-15,29H,(H,25,26,30)(H2,27,28,35). The molecule has 0 saturated carbocycles. The maximum Gasteiger partial charge on any atom is 0.264 e. The molecule has 0 aliphatic heterocycles. The van der Waals surface area contributed by atoms with Crippen molar-refractivity contribution in [3.05, 3.63) is 96.3 Å². The van der Waals surface area contributed by atoms with Gasteiger partial charge in [-0.25, -0.2) is 31.5 Å². The number of aromatic nitrogens is 2. The third-order valence-corrected chi connectivity index (χ3v) is 7.93. The van der Waals surface area contributed by atoms with Gasteiger partial charge < -0.3 is 10.6 Å². The number of anilines is 4. The summed E-state index contributed by atoms with van der Waals surface area (Å²) in [6.45, 7) is 0. The topological polar surface area (TPSA) is 142 Å². The van der Waals surface area contributed by atoms with Gasteiger partial charge in [-0.2, -0.15) is 0 Å². The molecule has 37 heavy (non-hydrogen) atoms. The van der Waals surface area contributed by atoms with E-state index < -0.39 is 20.0 Å². The fraction of sp³-hybridized carbons (Fsp3) is 0. The zero-order chi connectivity index (χ0) is 26.5. The highest BCUT2D eigenvalue weighted by molar-refractivity contribution is 7.93. The summed E-state index contributed by atoms with van der Waals surface area (Å²) in [6, 6.07) is 19.8. The van der Waals surface area contributed by atoms with Crippen LogP contribution in [0.15, 0.2) is 101 Å². The number of hydrogen-bond donors (Lipinski definition) is 4. The van der Waals surface area contributed by atoms with Crippen LogP contribution in [0.5, 0.6) is 0 Å². The Balaban J connectivity index is 1.35. The fourth-order valence-corrected chi connectivity index (χ4v) is 5.37. The molecule has 0 spiro atoms. The van der Waals surface area contributed by atoms with Crippen LogP contribution in [-0.4, -0.2) is 31.9 Å². The molecular formula is C23H19ClN6O4S3. The van der Waals surface area contributed by atoms with Crippen LogP contribution >= 0.6 is 23.8 Å². The smallest absolute Gasteiger partial charge is 0.264 e. The first-order valence-electron chi connectivity index (χ1n) is 10.5. The van der Waals surface area contributed by atoms with Crippen LogP contribution in [0.2, 0.25) is 5.02 Å². The van der Waals surface area contributed by atoms with Crippen molar-refractivity contribution < 1.29 is 16.8 Å². The average Bonchev–Trinajstić information content (AvgIpc) is 2.86. The lowest BCUT2D eigenvalue weighted by Gasteiger charge is -2.12. The van der Waals surface area contributed by atoms with E-state index in [-0.39, 0.29) is 20.9 Å². The first-order valence-corrected chi connectivity index (χ1v) is 14.2. The summed E-state index contributed by atoms with van der Waals surface area (Å²) in [5, 5.41) is 6.61. The number of halogens is 1. The molecule has 10 nitrogen and oxygen atoms in total. The molecule has 4 N–H and O–H groups in total. The van der Waals surface area contributed by atoms with E-state index in [1.54, 1.807) is 54.6 Å². The van der Waals surface area contributed by atoms with E-state index in [1.165, 1.54) is 36.7 Å². The molecule has 4 aromatic rings. The van der Waals surface area contributed by atoms with Crippen LogP contribution in [-0.2, 0) is 20.0 Å². The van der Waals surface area contributed by atoms with Gasteiger partial charge in [0.2, 0.25) is 5.95 Å². The molecule has 4 rings (SSSR count). The van der Waals surface area contributed by atoms with Crippen molar-refractivity contribution in [3.8, 4) is 0 Å². The predicted molar refractivity (Wildman–Crippen MR) is 148 cm³/mol. The van der Waals surface area contributed by atoms with Crippen molar-refractivity contribution >= 4 is 72.0 Å². The molecule has 0 aliphatic rings. The van der Waals surface area contributed by atoms with E-state index in [0.29, 0.717) is 22.1 Å². The van der Waals surface area contributed by atoms with Crippen molar-refractivity contribution in [2.24, 2.45) is 0 Å². The molecule has 0 aliphatic carbocycles. The van der Waals surface area contributed by atoms with Crippen molar-refractivity contribution in [1.82, 2.24) is 9.97 Å². The lowest BCUT2D eigenvalue weighted by Crippen LogP contribution is -2.19. The highest BCUT2D eigenvalue weighted by Crippen LogP contribution is 2.21. The van der Waals surface area contributed by atoms with Crippen LogP contribution in [0.3, 0.4) is 0 Å². The number of hydrogen-bond acceptors (Lipinski definition) is 7. The number of rotatable bonds is 8. The number of thiocarbonyl (C=S) groups is 1. The first-order chi connectivity index (χ1) is 17.6. The highest BCUT2D eigenvalue weighted by Gasteiger charge is 2.16. The van der Waals surface area contributed by atoms with Crippen LogP contribution in [0.25, 0.3) is 0 Å². The van der Waals surface area contributed by atoms with Crippen LogP contribution < -0.4 is 20.1 Å². The monoisotopic (exact) mass is 574 g/mol. The van der Waals surface area contributed by atoms with Gasteiger partial charge in [-0.1, -0.05) is 11.6 Å². The molecule has 0 fully saturated rings. The molecule has 0 amide bonds. The van der Waals surface area contributed by atoms with E-state index >= 15 is 0 Å². The number of nitrogens with zero attached hydrogens (tertiary/aromatic N) is 2. The summed E-state index contributed by atoms with van der Waals surface area (Å²) in [5.41, 5.74) is 1.48. The summed E-state index contributed by atoms with van der Waals surface area (Å²) >= 11 is 11.1. The minimum Gasteiger partial charge on any atom is -0.332 e. The van der Waals surface area contributed by atoms with E-state index in [4.69, 9.17) is 23.8 Å². The Labute approximate surface area is 224 Å². The maximum atomic E-state index is 12.6. The largest absolute Gasteiger partial charge is 0.332 e. The third-order valence-electron chi connectivity index (χ3n) is 4.73. The summed E-state index contributed by atoms with van der Waals surface area (Å²) in [7, 11) is -7.64. The molecule has 1 heterocycles. The van der Waals surface area contributed by atoms with Crippen molar-refractivity contribution in [2.45, 2.75) is 9.79 Å². The second-order valence-corrected chi connectivity index (χ2v) is 11.6. The molecule has 0 radical (unpaired) electrons. The van der Waals surface area contributed by atoms with E-state index in [0.717, 1.165) is 0 Å². The summed E-state index contributed by atoms with van der Waals surface area (Å²) in [4.78, 5) is 7.78. The van der Waals surface area contributed by atoms with E-state index in [9.17, 15) is 16.8 Å². The second-order valence-electron chi connectivity index (χ2n) is 7.42. The zero-order valence-electron chi connectivity index (χ0n) is 18.8. The Morgan fingerprint density at radius 1 is 0.649 bits per heavy atom. The lowest BCUT2D eigenvalue weighted by molar-refractivity contribution is 0.599. The van der Waals surface area contributed by atoms with Gasteiger partial charge in [0.15, 0.2) is 5.11 Å². The Kier molecular flexibility index (Phi) is 7.88. The Hall–Kier alpha value is -3.78. The quantitative estimate of drug-likeness (QED) is 0.223. The molecule has 3 aromatic carbocycles. The van der Waals surface area contributed by atoms with Gasteiger partial charge >= 0.3 is 0 Å². The molecule has 0 bridgehead atoms. The van der Waals surface area contributed by atoms with E-state index in [1.807, 2.05) is 0 Å². The van der Waals surface area contributed by atoms with Gasteiger partial charge in [-0.15, -0.1) is 0 Å². The summed E-state index contributed by atoms with van der Waals surface area (Å²) in [5.74, 6) is -0.0327. The molecule has 0 atom stereocenters. The van der Waals surface area contributed by atoms with Crippen LogP contribution in [0, 0.1) is 0 Å². The van der Waals surface area contributed by atoms with Gasteiger partial charge in [0.25, 0.3) is 20.0 Å². The Bertz CT molecular complexity index is 1600. The number of sulfonamides is 2. The van der Waals surface area contributed by atoms with Crippen LogP contribution in [0.4, 0.5) is 23.0 Å². The molecule has 14 heteroatoms. The minimum atomic E-state index is -3.86. The molecule has 0 unspecified atom stereocenters. The Morgan fingerprint density at radius 2 is 1.08 bits per heavy atom. The zero-order valence-corrected chi connectivity index (χ0v) is 22.0. The molecule has 0 saturated heterocycles. The van der Waals surface area contributed by atoms with Gasteiger partial charge in [0, 0.05) is 34.5 Å². The molecular weight excluding hydrogens is 556 g/mol. The number of benzene rings is 3. The van der Waals surface area contributed by atoms with E-state index in [2.05, 4.69) is 30.0 Å². The highest BCUT2D eigenvalue weighted by atomic mass is 35.5. The van der Waals surface area contributed by atoms with Gasteiger partial charge in [0.1, 0.15) is 0 Å². The Morgan fingerprint density at radius 3 is 1.57 bits per heavy atom. The molecule has 190 valence electrons.